The molecule has 2 aromatic carbocycles. The van der Waals surface area contributed by atoms with Crippen molar-refractivity contribution in [2.75, 3.05) is 6.61 Å². The maximum atomic E-state index is 13.0. The first-order valence-electron chi connectivity index (χ1n) is 9.11. The second kappa shape index (κ2) is 8.31. The summed E-state index contributed by atoms with van der Waals surface area (Å²) < 4.78 is 17.3. The number of fused-ring (bicyclic) bond motifs is 1. The first kappa shape index (κ1) is 20.2. The van der Waals surface area contributed by atoms with Gasteiger partial charge in [-0.2, -0.15) is 0 Å². The molecule has 2 N–H and O–H groups in total. The zero-order chi connectivity index (χ0) is 21.3. The molecule has 0 saturated carbocycles. The molecule has 3 aromatic rings. The third-order valence-corrected chi connectivity index (χ3v) is 5.08. The lowest BCUT2D eigenvalue weighted by atomic mass is 9.93. The molecule has 154 valence electrons. The number of carboxylic acid groups (broad SMARTS) is 1. The van der Waals surface area contributed by atoms with E-state index in [1.54, 1.807) is 30.3 Å². The van der Waals surface area contributed by atoms with E-state index in [0.29, 0.717) is 21.6 Å². The molecule has 2 heterocycles. The van der Waals surface area contributed by atoms with Crippen LogP contribution in [0.15, 0.2) is 70.1 Å². The van der Waals surface area contributed by atoms with Gasteiger partial charge >= 0.3 is 5.97 Å². The SMILES string of the molecule is O=C(O)/C=C/[C@@H]1CO[C@H](c2coc3ccc(Cl)cc3c2=O)O[C@@H]1c1ccccc1O. The number of hydrogen-bond donors (Lipinski definition) is 2. The molecule has 0 aliphatic carbocycles. The number of hydrogen-bond acceptors (Lipinski definition) is 6. The Balaban J connectivity index is 1.73. The first-order chi connectivity index (χ1) is 14.4. The lowest BCUT2D eigenvalue weighted by Crippen LogP contribution is -2.32. The number of carboxylic acids is 1. The van der Waals surface area contributed by atoms with Crippen LogP contribution in [0.5, 0.6) is 5.75 Å². The summed E-state index contributed by atoms with van der Waals surface area (Å²) >= 11 is 6.00. The van der Waals surface area contributed by atoms with Crippen molar-refractivity contribution in [3.63, 3.8) is 0 Å². The van der Waals surface area contributed by atoms with E-state index < -0.39 is 24.3 Å². The summed E-state index contributed by atoms with van der Waals surface area (Å²) in [5.74, 6) is -1.61. The fourth-order valence-electron chi connectivity index (χ4n) is 3.40. The molecule has 0 unspecified atom stereocenters. The molecule has 4 rings (SSSR count). The van der Waals surface area contributed by atoms with Crippen LogP contribution in [0.1, 0.15) is 23.5 Å². The normalized spacial score (nSPS) is 21.8. The minimum atomic E-state index is -1.11. The largest absolute Gasteiger partial charge is 0.508 e. The van der Waals surface area contributed by atoms with Crippen molar-refractivity contribution >= 4 is 28.5 Å². The smallest absolute Gasteiger partial charge is 0.327 e. The number of aliphatic carboxylic acids is 1. The van der Waals surface area contributed by atoms with Gasteiger partial charge in [-0.15, -0.1) is 0 Å². The second-order valence-corrected chi connectivity index (χ2v) is 7.24. The van der Waals surface area contributed by atoms with E-state index in [0.717, 1.165) is 6.08 Å². The van der Waals surface area contributed by atoms with Gasteiger partial charge in [-0.05, 0) is 24.3 Å². The van der Waals surface area contributed by atoms with Crippen LogP contribution < -0.4 is 5.43 Å². The van der Waals surface area contributed by atoms with Gasteiger partial charge < -0.3 is 24.1 Å². The molecule has 7 nitrogen and oxygen atoms in total. The summed E-state index contributed by atoms with van der Waals surface area (Å²) in [6.07, 6.45) is 1.91. The van der Waals surface area contributed by atoms with Crippen LogP contribution in [0, 0.1) is 5.92 Å². The van der Waals surface area contributed by atoms with Crippen molar-refractivity contribution in [1.29, 1.82) is 0 Å². The van der Waals surface area contributed by atoms with Crippen LogP contribution in [0.25, 0.3) is 11.0 Å². The van der Waals surface area contributed by atoms with E-state index in [4.69, 9.17) is 30.6 Å². The standard InChI is InChI=1S/C22H17ClO7/c23-13-6-7-18-15(9-13)20(27)16(11-28-18)22-29-10-12(5-8-19(25)26)21(30-22)14-3-1-2-4-17(14)24/h1-9,11-12,21-22,24H,10H2,(H,25,26)/b8-5+/t12-,21+,22+/m1/s1. The molecule has 1 aliphatic rings. The van der Waals surface area contributed by atoms with Gasteiger partial charge in [-0.1, -0.05) is 35.9 Å². The zero-order valence-electron chi connectivity index (χ0n) is 15.5. The Morgan fingerprint density at radius 2 is 1.97 bits per heavy atom. The lowest BCUT2D eigenvalue weighted by molar-refractivity contribution is -0.237. The van der Waals surface area contributed by atoms with E-state index in [2.05, 4.69) is 0 Å². The number of phenols is 1. The Bertz CT molecular complexity index is 1180. The predicted octanol–water partition coefficient (Wildman–Crippen LogP) is 4.20. The average molecular weight is 429 g/mol. The summed E-state index contributed by atoms with van der Waals surface area (Å²) in [5, 5.41) is 19.9. The Labute approximate surface area is 175 Å². The molecule has 1 aromatic heterocycles. The summed E-state index contributed by atoms with van der Waals surface area (Å²) in [4.78, 5) is 23.9. The van der Waals surface area contributed by atoms with Crippen molar-refractivity contribution in [3.05, 3.63) is 87.3 Å². The van der Waals surface area contributed by atoms with E-state index >= 15 is 0 Å². The highest BCUT2D eigenvalue weighted by Crippen LogP contribution is 2.41. The molecular formula is C22H17ClO7. The van der Waals surface area contributed by atoms with Crippen molar-refractivity contribution in [2.24, 2.45) is 5.92 Å². The predicted molar refractivity (Wildman–Crippen MR) is 108 cm³/mol. The van der Waals surface area contributed by atoms with Gasteiger partial charge in [0.05, 0.1) is 23.7 Å². The molecule has 8 heteroatoms. The Morgan fingerprint density at radius 1 is 1.17 bits per heavy atom. The number of carbonyl (C=O) groups is 1. The van der Waals surface area contributed by atoms with Gasteiger partial charge in [0.15, 0.2) is 6.29 Å². The van der Waals surface area contributed by atoms with Gasteiger partial charge in [-0.25, -0.2) is 4.79 Å². The zero-order valence-corrected chi connectivity index (χ0v) is 16.3. The minimum Gasteiger partial charge on any atom is -0.508 e. The summed E-state index contributed by atoms with van der Waals surface area (Å²) in [6, 6.07) is 11.3. The number of rotatable bonds is 4. The van der Waals surface area contributed by atoms with Gasteiger partial charge in [-0.3, -0.25) is 4.79 Å². The molecule has 0 amide bonds. The second-order valence-electron chi connectivity index (χ2n) is 6.80. The quantitative estimate of drug-likeness (QED) is 0.600. The van der Waals surface area contributed by atoms with Crippen LogP contribution in [-0.4, -0.2) is 22.8 Å². The summed E-state index contributed by atoms with van der Waals surface area (Å²) in [5.41, 5.74) is 0.632. The van der Waals surface area contributed by atoms with Gasteiger partial charge in [0, 0.05) is 22.6 Å². The number of ether oxygens (including phenoxy) is 2. The fraction of sp³-hybridized carbons (Fsp3) is 0.182. The number of para-hydroxylation sites is 1. The van der Waals surface area contributed by atoms with Crippen LogP contribution in [0.3, 0.4) is 0 Å². The Hall–Kier alpha value is -3.13. The Morgan fingerprint density at radius 3 is 2.73 bits per heavy atom. The molecule has 30 heavy (non-hydrogen) atoms. The highest BCUT2D eigenvalue weighted by molar-refractivity contribution is 6.31. The monoisotopic (exact) mass is 428 g/mol. The molecule has 1 fully saturated rings. The lowest BCUT2D eigenvalue weighted by Gasteiger charge is -2.35. The third-order valence-electron chi connectivity index (χ3n) is 4.84. The number of benzene rings is 2. The third kappa shape index (κ3) is 3.95. The van der Waals surface area contributed by atoms with E-state index in [1.165, 1.54) is 24.5 Å². The average Bonchev–Trinajstić information content (AvgIpc) is 2.73. The molecule has 3 atom stereocenters. The topological polar surface area (TPSA) is 106 Å². The molecule has 0 bridgehead atoms. The van der Waals surface area contributed by atoms with Crippen LogP contribution in [-0.2, 0) is 14.3 Å². The molecule has 1 saturated heterocycles. The highest BCUT2D eigenvalue weighted by Gasteiger charge is 2.35. The van der Waals surface area contributed by atoms with E-state index in [9.17, 15) is 14.7 Å². The Kier molecular flexibility index (Phi) is 5.59. The summed E-state index contributed by atoms with van der Waals surface area (Å²) in [7, 11) is 0. The van der Waals surface area contributed by atoms with Crippen molar-refractivity contribution < 1.29 is 28.9 Å². The van der Waals surface area contributed by atoms with Crippen molar-refractivity contribution in [3.8, 4) is 5.75 Å². The van der Waals surface area contributed by atoms with Gasteiger partial charge in [0.25, 0.3) is 0 Å². The maximum absolute atomic E-state index is 13.0. The van der Waals surface area contributed by atoms with Crippen molar-refractivity contribution in [2.45, 2.75) is 12.4 Å². The van der Waals surface area contributed by atoms with Gasteiger partial charge in [0.2, 0.25) is 5.43 Å². The van der Waals surface area contributed by atoms with Crippen LogP contribution in [0.4, 0.5) is 0 Å². The minimum absolute atomic E-state index is 0.00537. The molecular weight excluding hydrogens is 412 g/mol. The molecule has 0 spiro atoms. The summed E-state index contributed by atoms with van der Waals surface area (Å²) in [6.45, 7) is 0.0699. The van der Waals surface area contributed by atoms with Gasteiger partial charge in [0.1, 0.15) is 17.6 Å². The molecule has 0 radical (unpaired) electrons. The number of aromatic hydroxyl groups is 1. The van der Waals surface area contributed by atoms with Crippen LogP contribution in [0.2, 0.25) is 5.02 Å². The van der Waals surface area contributed by atoms with E-state index in [1.807, 2.05) is 0 Å². The number of phenolic OH excluding ortho intramolecular Hbond substituents is 1. The first-order valence-corrected chi connectivity index (χ1v) is 9.49. The van der Waals surface area contributed by atoms with Crippen molar-refractivity contribution in [1.82, 2.24) is 0 Å². The molecule has 1 aliphatic heterocycles. The number of halogens is 1. The van der Waals surface area contributed by atoms with E-state index in [-0.39, 0.29) is 23.3 Å². The fourth-order valence-corrected chi connectivity index (χ4v) is 3.57. The maximum Gasteiger partial charge on any atom is 0.327 e. The highest BCUT2D eigenvalue weighted by atomic mass is 35.5. The van der Waals surface area contributed by atoms with Crippen LogP contribution >= 0.6 is 11.6 Å².